The Morgan fingerprint density at radius 1 is 0.744 bits per heavy atom. The lowest BCUT2D eigenvalue weighted by Gasteiger charge is -2.15. The zero-order chi connectivity index (χ0) is 31.2. The van der Waals surface area contributed by atoms with E-state index in [0.717, 1.165) is 11.1 Å². The number of nitrogens with one attached hydrogen (secondary N) is 4. The maximum atomic E-state index is 12.0. The number of aromatic nitrogens is 8. The summed E-state index contributed by atoms with van der Waals surface area (Å²) in [6.45, 7) is 11.5. The molecule has 1 amide bonds. The number of H-pyrrole nitrogens is 2. The Morgan fingerprint density at radius 2 is 1.33 bits per heavy atom. The van der Waals surface area contributed by atoms with Crippen LogP contribution in [0.2, 0.25) is 0 Å². The SMILES string of the molecule is CC(C)(C)c1nn2c(Cc3ccccc3)nnc2[nH]c1=O.CC(C)(C)c1nnc(NNC(=O)Cc2ccccc2)[nH]c1=O. The number of aromatic amines is 2. The van der Waals surface area contributed by atoms with E-state index in [2.05, 4.69) is 46.3 Å². The van der Waals surface area contributed by atoms with E-state index in [1.807, 2.05) is 102 Å². The average Bonchev–Trinajstić information content (AvgIpc) is 3.33. The van der Waals surface area contributed by atoms with Crippen molar-refractivity contribution in [3.8, 4) is 0 Å². The standard InChI is InChI=1S/C15H19N5O2.C15H17N5O/c1-15(2,3)12-13(22)16-14(20-18-12)19-17-11(21)9-10-7-5-4-6-8-10;1-15(2,3)12-13(21)16-14-18-17-11(20(14)19-12)9-10-7-5-4-6-8-10/h4-8H,9H2,1-3H3,(H,17,21)(H2,16,19,20,22);4-8H,9H2,1-3H3,(H,16,18,21). The van der Waals surface area contributed by atoms with E-state index >= 15 is 0 Å². The summed E-state index contributed by atoms with van der Waals surface area (Å²) >= 11 is 0. The Hall–Kier alpha value is -5.20. The predicted octanol–water partition coefficient (Wildman–Crippen LogP) is 2.85. The first-order valence-electron chi connectivity index (χ1n) is 13.8. The molecule has 0 bridgehead atoms. The van der Waals surface area contributed by atoms with E-state index in [0.29, 0.717) is 29.4 Å². The summed E-state index contributed by atoms with van der Waals surface area (Å²) in [5.41, 5.74) is 6.58. The van der Waals surface area contributed by atoms with E-state index in [1.54, 1.807) is 4.52 Å². The lowest BCUT2D eigenvalue weighted by Crippen LogP contribution is -2.34. The highest BCUT2D eigenvalue weighted by molar-refractivity contribution is 5.79. The van der Waals surface area contributed by atoms with Gasteiger partial charge in [-0.25, -0.2) is 0 Å². The molecule has 0 saturated carbocycles. The Balaban J connectivity index is 0.000000197. The van der Waals surface area contributed by atoms with E-state index < -0.39 is 5.41 Å². The van der Waals surface area contributed by atoms with Gasteiger partial charge in [0.15, 0.2) is 5.82 Å². The first-order chi connectivity index (χ1) is 20.3. The van der Waals surface area contributed by atoms with Crippen LogP contribution in [-0.2, 0) is 28.5 Å². The number of benzene rings is 2. The van der Waals surface area contributed by atoms with Crippen LogP contribution in [0.4, 0.5) is 5.95 Å². The minimum Gasteiger partial charge on any atom is -0.288 e. The van der Waals surface area contributed by atoms with Gasteiger partial charge in [-0.15, -0.1) is 20.4 Å². The molecule has 0 saturated heterocycles. The highest BCUT2D eigenvalue weighted by atomic mass is 16.2. The summed E-state index contributed by atoms with van der Waals surface area (Å²) in [5.74, 6) is 0.935. The van der Waals surface area contributed by atoms with Crippen LogP contribution in [0.3, 0.4) is 0 Å². The maximum Gasteiger partial charge on any atom is 0.274 e. The van der Waals surface area contributed by atoms with Gasteiger partial charge in [-0.05, 0) is 11.1 Å². The van der Waals surface area contributed by atoms with Crippen LogP contribution in [0.1, 0.15) is 69.9 Å². The molecule has 3 heterocycles. The summed E-state index contributed by atoms with van der Waals surface area (Å²) in [7, 11) is 0. The van der Waals surface area contributed by atoms with Crippen LogP contribution in [-0.4, -0.2) is 45.9 Å². The summed E-state index contributed by atoms with van der Waals surface area (Å²) in [6.07, 6.45) is 0.843. The first kappa shape index (κ1) is 30.8. The third-order valence-corrected chi connectivity index (χ3v) is 6.20. The molecule has 224 valence electrons. The second-order valence-electron chi connectivity index (χ2n) is 12.0. The van der Waals surface area contributed by atoms with Crippen molar-refractivity contribution >= 4 is 17.6 Å². The quantitative estimate of drug-likeness (QED) is 0.219. The molecule has 3 aromatic heterocycles. The molecule has 43 heavy (non-hydrogen) atoms. The number of hydrogen-bond donors (Lipinski definition) is 4. The molecule has 0 aliphatic heterocycles. The number of rotatable bonds is 6. The van der Waals surface area contributed by atoms with Gasteiger partial charge in [-0.2, -0.15) is 9.61 Å². The van der Waals surface area contributed by atoms with Gasteiger partial charge in [-0.3, -0.25) is 35.2 Å². The lowest BCUT2D eigenvalue weighted by molar-refractivity contribution is -0.119. The Kier molecular flexibility index (Phi) is 9.12. The lowest BCUT2D eigenvalue weighted by atomic mass is 9.93. The van der Waals surface area contributed by atoms with E-state index in [4.69, 9.17) is 0 Å². The molecule has 5 rings (SSSR count). The van der Waals surface area contributed by atoms with Gasteiger partial charge in [0.05, 0.1) is 6.42 Å². The van der Waals surface area contributed by atoms with E-state index in [1.165, 1.54) is 0 Å². The molecule has 0 unspecified atom stereocenters. The number of nitrogens with zero attached hydrogens (tertiary/aromatic N) is 6. The zero-order valence-corrected chi connectivity index (χ0v) is 25.1. The number of carbonyl (C=O) groups excluding carboxylic acids is 1. The molecule has 13 heteroatoms. The molecular formula is C30H36N10O3. The van der Waals surface area contributed by atoms with Crippen LogP contribution in [0.15, 0.2) is 70.3 Å². The number of fused-ring (bicyclic) bond motifs is 1. The molecular weight excluding hydrogens is 548 g/mol. The number of anilines is 1. The fourth-order valence-corrected chi connectivity index (χ4v) is 4.02. The van der Waals surface area contributed by atoms with E-state index in [9.17, 15) is 14.4 Å². The largest absolute Gasteiger partial charge is 0.288 e. The molecule has 0 aliphatic rings. The monoisotopic (exact) mass is 584 g/mol. The normalized spacial score (nSPS) is 11.5. The second-order valence-corrected chi connectivity index (χ2v) is 12.0. The molecule has 0 radical (unpaired) electrons. The minimum absolute atomic E-state index is 0.0967. The van der Waals surface area contributed by atoms with Gasteiger partial charge in [0, 0.05) is 17.3 Å². The molecule has 13 nitrogen and oxygen atoms in total. The molecule has 2 aromatic carbocycles. The molecule has 5 aromatic rings. The fourth-order valence-electron chi connectivity index (χ4n) is 4.02. The van der Waals surface area contributed by atoms with Crippen molar-refractivity contribution in [1.82, 2.24) is 45.4 Å². The van der Waals surface area contributed by atoms with Crippen molar-refractivity contribution in [3.63, 3.8) is 0 Å². The fraction of sp³-hybridized carbons (Fsp3) is 0.333. The number of amides is 1. The van der Waals surface area contributed by atoms with Crippen molar-refractivity contribution in [3.05, 3.63) is 110 Å². The van der Waals surface area contributed by atoms with Crippen molar-refractivity contribution in [2.75, 3.05) is 5.43 Å². The van der Waals surface area contributed by atoms with Gasteiger partial charge >= 0.3 is 0 Å². The van der Waals surface area contributed by atoms with Crippen LogP contribution in [0.25, 0.3) is 5.78 Å². The van der Waals surface area contributed by atoms with Gasteiger partial charge < -0.3 is 0 Å². The average molecular weight is 585 g/mol. The van der Waals surface area contributed by atoms with Crippen molar-refractivity contribution < 1.29 is 4.79 Å². The van der Waals surface area contributed by atoms with Crippen LogP contribution in [0, 0.1) is 0 Å². The number of carbonyl (C=O) groups is 1. The van der Waals surface area contributed by atoms with E-state index in [-0.39, 0.29) is 34.8 Å². The minimum atomic E-state index is -0.393. The highest BCUT2D eigenvalue weighted by Gasteiger charge is 2.22. The molecule has 0 spiro atoms. The Morgan fingerprint density at radius 3 is 1.91 bits per heavy atom. The zero-order valence-electron chi connectivity index (χ0n) is 25.1. The second kappa shape index (κ2) is 12.8. The summed E-state index contributed by atoms with van der Waals surface area (Å²) < 4.78 is 1.62. The topological polar surface area (TPSA) is 176 Å². The third kappa shape index (κ3) is 8.18. The highest BCUT2D eigenvalue weighted by Crippen LogP contribution is 2.17. The number of hydrazine groups is 1. The summed E-state index contributed by atoms with van der Waals surface area (Å²) in [5, 5.41) is 20.3. The Labute approximate surface area is 248 Å². The van der Waals surface area contributed by atoms with Crippen LogP contribution >= 0.6 is 0 Å². The third-order valence-electron chi connectivity index (χ3n) is 6.20. The summed E-state index contributed by atoms with van der Waals surface area (Å²) in [4.78, 5) is 41.0. The van der Waals surface area contributed by atoms with Crippen molar-refractivity contribution in [1.29, 1.82) is 0 Å². The van der Waals surface area contributed by atoms with Gasteiger partial charge in [-0.1, -0.05) is 102 Å². The van der Waals surface area contributed by atoms with Gasteiger partial charge in [0.25, 0.3) is 16.9 Å². The van der Waals surface area contributed by atoms with Crippen LogP contribution in [0.5, 0.6) is 0 Å². The molecule has 0 aliphatic carbocycles. The van der Waals surface area contributed by atoms with Gasteiger partial charge in [0.2, 0.25) is 11.9 Å². The molecule has 4 N–H and O–H groups in total. The van der Waals surface area contributed by atoms with Crippen molar-refractivity contribution in [2.24, 2.45) is 0 Å². The first-order valence-corrected chi connectivity index (χ1v) is 13.8. The number of hydrogen-bond acceptors (Lipinski definition) is 9. The summed E-state index contributed by atoms with van der Waals surface area (Å²) in [6, 6.07) is 19.3. The van der Waals surface area contributed by atoms with Crippen molar-refractivity contribution in [2.45, 2.75) is 65.2 Å². The van der Waals surface area contributed by atoms with Gasteiger partial charge in [0.1, 0.15) is 11.4 Å². The maximum absolute atomic E-state index is 12.0. The van der Waals surface area contributed by atoms with Crippen LogP contribution < -0.4 is 22.0 Å². The smallest absolute Gasteiger partial charge is 0.274 e. The molecule has 0 fully saturated rings. The predicted molar refractivity (Wildman–Crippen MR) is 163 cm³/mol. The Bertz CT molecular complexity index is 1800. The molecule has 0 atom stereocenters.